The van der Waals surface area contributed by atoms with Crippen molar-refractivity contribution in [3.05, 3.63) is 0 Å². The van der Waals surface area contributed by atoms with Crippen molar-refractivity contribution in [3.63, 3.8) is 0 Å². The Morgan fingerprint density at radius 1 is 1.03 bits per heavy atom. The number of ether oxygens (including phenoxy) is 1. The molecule has 2 aliphatic heterocycles. The molecule has 0 aromatic heterocycles. The van der Waals surface area contributed by atoms with Gasteiger partial charge in [0.25, 0.3) is 0 Å². The Morgan fingerprint density at radius 2 is 1.67 bits per heavy atom. The number of hydrogen-bond acceptors (Lipinski definition) is 7. The number of piperazine rings is 1. The molecule has 0 bridgehead atoms. The maximum atomic E-state index is 11.9. The third kappa shape index (κ3) is 9.82. The van der Waals surface area contributed by atoms with E-state index in [1.165, 1.54) is 18.6 Å². The van der Waals surface area contributed by atoms with Crippen LogP contribution in [-0.2, 0) is 14.0 Å². The maximum absolute atomic E-state index is 11.9. The largest absolute Gasteiger partial charge is 0.464 e. The Kier molecular flexibility index (Phi) is 11.6. The number of carbonyl (C=O) groups excluding carboxylic acids is 1. The molecule has 2 aliphatic rings. The fourth-order valence-electron chi connectivity index (χ4n) is 3.45. The first-order chi connectivity index (χ1) is 14.2. The van der Waals surface area contributed by atoms with Gasteiger partial charge in [0.1, 0.15) is 6.61 Å². The van der Waals surface area contributed by atoms with E-state index in [4.69, 9.17) is 9.16 Å². The standard InChI is InChI=1S/C22H44N2O3S2Si/c1-22(2,3)30(4,5)27-18-16-24-13-11-23(12-14-24)15-17-26-21(25)9-7-6-8-20-10-19-28-29-20/h20H,6-19H2,1-5H3/t20-/m1/s1. The van der Waals surface area contributed by atoms with Gasteiger partial charge in [0.2, 0.25) is 0 Å². The Hall–Kier alpha value is 0.267. The van der Waals surface area contributed by atoms with Crippen LogP contribution in [0.15, 0.2) is 0 Å². The highest BCUT2D eigenvalue weighted by molar-refractivity contribution is 8.77. The van der Waals surface area contributed by atoms with Gasteiger partial charge in [-0.15, -0.1) is 0 Å². The summed E-state index contributed by atoms with van der Waals surface area (Å²) in [7, 11) is 2.37. The lowest BCUT2D eigenvalue weighted by Crippen LogP contribution is -2.49. The lowest BCUT2D eigenvalue weighted by Gasteiger charge is -2.38. The third-order valence-electron chi connectivity index (χ3n) is 6.70. The molecule has 5 nitrogen and oxygen atoms in total. The van der Waals surface area contributed by atoms with Crippen LogP contribution < -0.4 is 0 Å². The minimum Gasteiger partial charge on any atom is -0.464 e. The number of unbranched alkanes of at least 4 members (excludes halogenated alkanes) is 1. The molecule has 0 unspecified atom stereocenters. The van der Waals surface area contributed by atoms with E-state index in [0.29, 0.717) is 13.0 Å². The molecule has 2 rings (SSSR count). The first-order valence-electron chi connectivity index (χ1n) is 11.7. The highest BCUT2D eigenvalue weighted by Gasteiger charge is 2.37. The molecular formula is C22H44N2O3S2Si. The van der Waals surface area contributed by atoms with Gasteiger partial charge in [0.15, 0.2) is 8.32 Å². The van der Waals surface area contributed by atoms with Gasteiger partial charge in [-0.25, -0.2) is 0 Å². The SMILES string of the molecule is CC(C)(C)[Si](C)(C)OCCN1CCN(CCOC(=O)CCCC[C@@H]2CCSS2)CC1. The van der Waals surface area contributed by atoms with Gasteiger partial charge >= 0.3 is 5.97 Å². The van der Waals surface area contributed by atoms with Gasteiger partial charge in [0, 0.05) is 63.3 Å². The molecule has 0 aromatic carbocycles. The van der Waals surface area contributed by atoms with Crippen LogP contribution in [0, 0.1) is 0 Å². The van der Waals surface area contributed by atoms with Crippen molar-refractivity contribution < 1.29 is 14.0 Å². The molecule has 2 saturated heterocycles. The lowest BCUT2D eigenvalue weighted by molar-refractivity contribution is -0.144. The minimum absolute atomic E-state index is 0.0233. The summed E-state index contributed by atoms with van der Waals surface area (Å²) in [4.78, 5) is 16.8. The summed E-state index contributed by atoms with van der Waals surface area (Å²) in [5, 5.41) is 1.08. The zero-order valence-corrected chi connectivity index (χ0v) is 22.5. The van der Waals surface area contributed by atoms with E-state index in [1.807, 2.05) is 21.6 Å². The first kappa shape index (κ1) is 26.5. The van der Waals surface area contributed by atoms with Crippen molar-refractivity contribution in [2.45, 2.75) is 76.3 Å². The van der Waals surface area contributed by atoms with E-state index < -0.39 is 8.32 Å². The molecule has 0 N–H and O–H groups in total. The Bertz CT molecular complexity index is 503. The van der Waals surface area contributed by atoms with Gasteiger partial charge in [-0.1, -0.05) is 48.8 Å². The summed E-state index contributed by atoms with van der Waals surface area (Å²) in [6, 6.07) is 0. The van der Waals surface area contributed by atoms with Crippen molar-refractivity contribution in [3.8, 4) is 0 Å². The van der Waals surface area contributed by atoms with E-state index in [2.05, 4.69) is 43.7 Å². The van der Waals surface area contributed by atoms with Gasteiger partial charge < -0.3 is 9.16 Å². The van der Waals surface area contributed by atoms with Crippen LogP contribution in [0.2, 0.25) is 18.1 Å². The van der Waals surface area contributed by atoms with E-state index >= 15 is 0 Å². The average Bonchev–Trinajstić information content (AvgIpc) is 3.19. The van der Waals surface area contributed by atoms with Crippen LogP contribution in [0.3, 0.4) is 0 Å². The summed E-state index contributed by atoms with van der Waals surface area (Å²) in [6.45, 7) is 19.0. The lowest BCUT2D eigenvalue weighted by atomic mass is 10.1. The number of rotatable bonds is 12. The summed E-state index contributed by atoms with van der Waals surface area (Å²) in [6.07, 6.45) is 5.27. The van der Waals surface area contributed by atoms with Crippen molar-refractivity contribution in [2.75, 3.05) is 58.2 Å². The van der Waals surface area contributed by atoms with Gasteiger partial charge in [-0.2, -0.15) is 0 Å². The van der Waals surface area contributed by atoms with Crippen molar-refractivity contribution in [2.24, 2.45) is 0 Å². The Labute approximate surface area is 193 Å². The van der Waals surface area contributed by atoms with Crippen LogP contribution >= 0.6 is 21.6 Å². The van der Waals surface area contributed by atoms with Gasteiger partial charge in [-0.05, 0) is 37.4 Å². The smallest absolute Gasteiger partial charge is 0.305 e. The second-order valence-electron chi connectivity index (χ2n) is 10.1. The normalized spacial score (nSPS) is 21.8. The van der Waals surface area contributed by atoms with Crippen LogP contribution in [-0.4, -0.2) is 87.6 Å². The van der Waals surface area contributed by atoms with Crippen molar-refractivity contribution >= 4 is 35.9 Å². The average molecular weight is 477 g/mol. The molecule has 0 aromatic rings. The maximum Gasteiger partial charge on any atom is 0.305 e. The molecule has 0 spiro atoms. The Morgan fingerprint density at radius 3 is 2.23 bits per heavy atom. The predicted molar refractivity (Wildman–Crippen MR) is 134 cm³/mol. The number of esters is 1. The molecule has 176 valence electrons. The molecular weight excluding hydrogens is 432 g/mol. The second-order valence-corrected chi connectivity index (χ2v) is 17.7. The van der Waals surface area contributed by atoms with Crippen molar-refractivity contribution in [1.82, 2.24) is 9.80 Å². The molecule has 2 heterocycles. The first-order valence-corrected chi connectivity index (χ1v) is 17.0. The van der Waals surface area contributed by atoms with Crippen LogP contribution in [0.5, 0.6) is 0 Å². The molecule has 0 radical (unpaired) electrons. The topological polar surface area (TPSA) is 42.0 Å². The highest BCUT2D eigenvalue weighted by atomic mass is 33.1. The molecule has 0 amide bonds. The van der Waals surface area contributed by atoms with E-state index in [0.717, 1.165) is 64.0 Å². The van der Waals surface area contributed by atoms with Crippen LogP contribution in [0.25, 0.3) is 0 Å². The summed E-state index contributed by atoms with van der Waals surface area (Å²) < 4.78 is 11.8. The van der Waals surface area contributed by atoms with Crippen LogP contribution in [0.1, 0.15) is 52.9 Å². The summed E-state index contributed by atoms with van der Waals surface area (Å²) in [5.74, 6) is 1.26. The third-order valence-corrected chi connectivity index (χ3v) is 14.2. The van der Waals surface area contributed by atoms with Crippen molar-refractivity contribution in [1.29, 1.82) is 0 Å². The highest BCUT2D eigenvalue weighted by Crippen LogP contribution is 2.40. The van der Waals surface area contributed by atoms with Crippen LogP contribution in [0.4, 0.5) is 0 Å². The quantitative estimate of drug-likeness (QED) is 0.172. The zero-order valence-electron chi connectivity index (χ0n) is 19.9. The predicted octanol–water partition coefficient (Wildman–Crippen LogP) is 4.88. The molecule has 1 atom stereocenters. The summed E-state index contributed by atoms with van der Waals surface area (Å²) in [5.41, 5.74) is 0. The zero-order chi connectivity index (χ0) is 22.0. The van der Waals surface area contributed by atoms with E-state index in [1.54, 1.807) is 0 Å². The minimum atomic E-state index is -1.64. The van der Waals surface area contributed by atoms with Gasteiger partial charge in [-0.3, -0.25) is 14.6 Å². The molecule has 2 fully saturated rings. The molecule has 30 heavy (non-hydrogen) atoms. The number of hydrogen-bond donors (Lipinski definition) is 0. The van der Waals surface area contributed by atoms with Gasteiger partial charge in [0.05, 0.1) is 0 Å². The number of carbonyl (C=O) groups is 1. The van der Waals surface area contributed by atoms with E-state index in [-0.39, 0.29) is 11.0 Å². The fraction of sp³-hybridized carbons (Fsp3) is 0.955. The Balaban J connectivity index is 1.46. The monoisotopic (exact) mass is 476 g/mol. The second kappa shape index (κ2) is 13.1. The molecule has 0 saturated carbocycles. The molecule has 0 aliphatic carbocycles. The van der Waals surface area contributed by atoms with E-state index in [9.17, 15) is 4.79 Å². The fourth-order valence-corrected chi connectivity index (χ4v) is 7.51. The number of nitrogens with zero attached hydrogens (tertiary/aromatic N) is 2. The summed E-state index contributed by atoms with van der Waals surface area (Å²) >= 11 is 0. The molecule has 8 heteroatoms.